The Morgan fingerprint density at radius 2 is 1.93 bits per heavy atom. The lowest BCUT2D eigenvalue weighted by Gasteiger charge is -2.16. The van der Waals surface area contributed by atoms with E-state index in [-0.39, 0.29) is 11.4 Å². The summed E-state index contributed by atoms with van der Waals surface area (Å²) in [5.41, 5.74) is 0.831. The first-order valence-electron chi connectivity index (χ1n) is 8.30. The second-order valence-corrected chi connectivity index (χ2v) is 8.46. The Morgan fingerprint density at radius 3 is 2.61 bits per heavy atom. The van der Waals surface area contributed by atoms with Gasteiger partial charge in [0.2, 0.25) is 15.9 Å². The summed E-state index contributed by atoms with van der Waals surface area (Å²) in [7, 11) is -2.46. The van der Waals surface area contributed by atoms with Crippen LogP contribution in [0.5, 0.6) is 0 Å². The number of rotatable bonds is 7. The van der Waals surface area contributed by atoms with Gasteiger partial charge in [0.05, 0.1) is 23.7 Å². The number of amides is 1. The summed E-state index contributed by atoms with van der Waals surface area (Å²) in [4.78, 5) is 16.5. The Balaban J connectivity index is 1.60. The van der Waals surface area contributed by atoms with Crippen LogP contribution in [0.3, 0.4) is 0 Å². The Bertz CT molecular complexity index is 1050. The Kier molecular flexibility index (Phi) is 6.08. The number of nitrogens with one attached hydrogen (secondary N) is 1. The van der Waals surface area contributed by atoms with E-state index in [1.165, 1.54) is 31.3 Å². The number of carbonyl (C=O) groups is 1. The van der Waals surface area contributed by atoms with Crippen LogP contribution in [0.1, 0.15) is 5.69 Å². The number of hydrogen-bond acceptors (Lipinski definition) is 5. The predicted molar refractivity (Wildman–Crippen MR) is 105 cm³/mol. The van der Waals surface area contributed by atoms with Gasteiger partial charge in [-0.05, 0) is 36.4 Å². The van der Waals surface area contributed by atoms with Crippen molar-refractivity contribution in [2.75, 3.05) is 18.9 Å². The van der Waals surface area contributed by atoms with Gasteiger partial charge in [-0.15, -0.1) is 0 Å². The molecule has 0 radical (unpaired) electrons. The van der Waals surface area contributed by atoms with Gasteiger partial charge >= 0.3 is 0 Å². The lowest BCUT2D eigenvalue weighted by atomic mass is 10.3. The fourth-order valence-electron chi connectivity index (χ4n) is 2.43. The number of hydrogen-bond donors (Lipinski definition) is 1. The number of aromatic nitrogens is 3. The summed E-state index contributed by atoms with van der Waals surface area (Å²) in [6.07, 6.45) is 3.40. The van der Waals surface area contributed by atoms with Crippen molar-refractivity contribution in [1.82, 2.24) is 19.1 Å². The normalized spacial score (nSPS) is 11.5. The molecule has 0 fully saturated rings. The molecule has 8 nitrogen and oxygen atoms in total. The third kappa shape index (κ3) is 4.94. The highest BCUT2D eigenvalue weighted by molar-refractivity contribution is 7.89. The summed E-state index contributed by atoms with van der Waals surface area (Å²) in [6.45, 7) is 0.111. The van der Waals surface area contributed by atoms with Gasteiger partial charge < -0.3 is 5.32 Å². The van der Waals surface area contributed by atoms with E-state index in [0.29, 0.717) is 17.4 Å². The van der Waals surface area contributed by atoms with E-state index in [1.54, 1.807) is 23.1 Å². The van der Waals surface area contributed by atoms with Gasteiger partial charge in [-0.1, -0.05) is 17.7 Å². The SMILES string of the molecule is CN(CC(=O)Nc1ccn(Cc2ccccn2)n1)S(=O)(=O)c1ccc(Cl)cc1. The van der Waals surface area contributed by atoms with E-state index >= 15 is 0 Å². The number of nitrogens with zero attached hydrogens (tertiary/aromatic N) is 4. The molecule has 0 unspecified atom stereocenters. The first-order chi connectivity index (χ1) is 13.3. The first-order valence-corrected chi connectivity index (χ1v) is 10.1. The van der Waals surface area contributed by atoms with Crippen LogP contribution in [0.2, 0.25) is 5.02 Å². The molecule has 0 aliphatic heterocycles. The largest absolute Gasteiger partial charge is 0.308 e. The van der Waals surface area contributed by atoms with Crippen molar-refractivity contribution in [2.45, 2.75) is 11.4 Å². The van der Waals surface area contributed by atoms with Crippen LogP contribution in [0.4, 0.5) is 5.82 Å². The molecule has 0 spiro atoms. The topological polar surface area (TPSA) is 97.2 Å². The van der Waals surface area contributed by atoms with E-state index < -0.39 is 15.9 Å². The first kappa shape index (κ1) is 20.0. The molecular formula is C18H18ClN5O3S. The molecule has 146 valence electrons. The van der Waals surface area contributed by atoms with E-state index in [9.17, 15) is 13.2 Å². The van der Waals surface area contributed by atoms with Gasteiger partial charge in [0.1, 0.15) is 0 Å². The zero-order valence-corrected chi connectivity index (χ0v) is 16.6. The van der Waals surface area contributed by atoms with Crippen molar-refractivity contribution in [3.63, 3.8) is 0 Å². The van der Waals surface area contributed by atoms with Crippen LogP contribution in [-0.4, -0.2) is 47.0 Å². The van der Waals surface area contributed by atoms with Crippen LogP contribution >= 0.6 is 11.6 Å². The van der Waals surface area contributed by atoms with Crippen molar-refractivity contribution in [2.24, 2.45) is 0 Å². The minimum atomic E-state index is -3.80. The molecule has 0 atom stereocenters. The van der Waals surface area contributed by atoms with Gasteiger partial charge in [0, 0.05) is 30.5 Å². The predicted octanol–water partition coefficient (Wildman–Crippen LogP) is 2.24. The fraction of sp³-hybridized carbons (Fsp3) is 0.167. The molecule has 10 heteroatoms. The standard InChI is InChI=1S/C18H18ClN5O3S/c1-23(28(26,27)16-7-5-14(19)6-8-16)13-18(25)21-17-9-11-24(22-17)12-15-4-2-3-10-20-15/h2-11H,12-13H2,1H3,(H,21,22,25). The van der Waals surface area contributed by atoms with Crippen LogP contribution in [0.25, 0.3) is 0 Å². The molecule has 0 aliphatic rings. The highest BCUT2D eigenvalue weighted by atomic mass is 35.5. The molecule has 0 bridgehead atoms. The maximum Gasteiger partial charge on any atom is 0.243 e. The lowest BCUT2D eigenvalue weighted by Crippen LogP contribution is -2.35. The van der Waals surface area contributed by atoms with Crippen LogP contribution in [-0.2, 0) is 21.4 Å². The van der Waals surface area contributed by atoms with E-state index in [1.807, 2.05) is 18.2 Å². The van der Waals surface area contributed by atoms with Crippen molar-refractivity contribution in [3.8, 4) is 0 Å². The molecule has 0 saturated carbocycles. The number of benzene rings is 1. The van der Waals surface area contributed by atoms with Gasteiger partial charge in [-0.25, -0.2) is 8.42 Å². The highest BCUT2D eigenvalue weighted by Gasteiger charge is 2.23. The number of carbonyl (C=O) groups excluding carboxylic acids is 1. The third-order valence-electron chi connectivity index (χ3n) is 3.85. The van der Waals surface area contributed by atoms with E-state index in [4.69, 9.17) is 11.6 Å². The Hall–Kier alpha value is -2.75. The summed E-state index contributed by atoms with van der Waals surface area (Å²) < 4.78 is 27.6. The van der Waals surface area contributed by atoms with Gasteiger partial charge in [0.25, 0.3) is 0 Å². The molecule has 1 aromatic carbocycles. The molecule has 0 saturated heterocycles. The molecule has 0 aliphatic carbocycles. The molecule has 2 aromatic heterocycles. The number of anilines is 1. The maximum atomic E-state index is 12.5. The summed E-state index contributed by atoms with van der Waals surface area (Å²) in [6, 6.07) is 13.0. The molecule has 3 aromatic rings. The van der Waals surface area contributed by atoms with Crippen LogP contribution < -0.4 is 5.32 Å². The minimum absolute atomic E-state index is 0.0619. The number of pyridine rings is 1. The smallest absolute Gasteiger partial charge is 0.243 e. The Morgan fingerprint density at radius 1 is 1.18 bits per heavy atom. The van der Waals surface area contributed by atoms with Crippen molar-refractivity contribution < 1.29 is 13.2 Å². The second kappa shape index (κ2) is 8.51. The Labute approximate surface area is 167 Å². The lowest BCUT2D eigenvalue weighted by molar-refractivity contribution is -0.116. The zero-order chi connectivity index (χ0) is 20.1. The van der Waals surface area contributed by atoms with Crippen LogP contribution in [0.15, 0.2) is 65.8 Å². The van der Waals surface area contributed by atoms with Crippen molar-refractivity contribution in [1.29, 1.82) is 0 Å². The molecular weight excluding hydrogens is 402 g/mol. The minimum Gasteiger partial charge on any atom is -0.308 e. The van der Waals surface area contributed by atoms with Gasteiger partial charge in [-0.2, -0.15) is 9.40 Å². The number of sulfonamides is 1. The number of halogens is 1. The highest BCUT2D eigenvalue weighted by Crippen LogP contribution is 2.17. The van der Waals surface area contributed by atoms with E-state index in [2.05, 4.69) is 15.4 Å². The quantitative estimate of drug-likeness (QED) is 0.633. The molecule has 28 heavy (non-hydrogen) atoms. The van der Waals surface area contributed by atoms with Gasteiger partial charge in [0.15, 0.2) is 5.82 Å². The molecule has 1 amide bonds. The molecule has 1 N–H and O–H groups in total. The van der Waals surface area contributed by atoms with Gasteiger partial charge in [-0.3, -0.25) is 14.5 Å². The fourth-order valence-corrected chi connectivity index (χ4v) is 3.68. The third-order valence-corrected chi connectivity index (χ3v) is 5.92. The average Bonchev–Trinajstić information content (AvgIpc) is 3.09. The summed E-state index contributed by atoms with van der Waals surface area (Å²) in [5.74, 6) is -0.165. The zero-order valence-electron chi connectivity index (χ0n) is 15.0. The number of likely N-dealkylation sites (N-methyl/N-ethyl adjacent to an activating group) is 1. The summed E-state index contributed by atoms with van der Waals surface area (Å²) >= 11 is 5.78. The maximum absolute atomic E-state index is 12.5. The van der Waals surface area contributed by atoms with E-state index in [0.717, 1.165) is 10.00 Å². The molecule has 2 heterocycles. The average molecular weight is 420 g/mol. The van der Waals surface area contributed by atoms with Crippen LogP contribution in [0, 0.1) is 0 Å². The van der Waals surface area contributed by atoms with Crippen molar-refractivity contribution in [3.05, 3.63) is 71.6 Å². The molecule has 3 rings (SSSR count). The van der Waals surface area contributed by atoms with Crippen molar-refractivity contribution >= 4 is 33.3 Å². The summed E-state index contributed by atoms with van der Waals surface area (Å²) in [5, 5.41) is 7.27. The second-order valence-electron chi connectivity index (χ2n) is 5.98. The monoisotopic (exact) mass is 419 g/mol.